The molecule has 0 aliphatic heterocycles. The van der Waals surface area contributed by atoms with Crippen LogP contribution in [0.5, 0.6) is 0 Å². The molecule has 0 aromatic carbocycles. The highest BCUT2D eigenvalue weighted by atomic mass is 15.1. The van der Waals surface area contributed by atoms with Crippen molar-refractivity contribution in [2.75, 3.05) is 0 Å². The van der Waals surface area contributed by atoms with Gasteiger partial charge in [0, 0.05) is 24.8 Å². The summed E-state index contributed by atoms with van der Waals surface area (Å²) in [6, 6.07) is 1.10. The van der Waals surface area contributed by atoms with Gasteiger partial charge in [-0.2, -0.15) is 0 Å². The second-order valence-electron chi connectivity index (χ2n) is 8.40. The summed E-state index contributed by atoms with van der Waals surface area (Å²) in [7, 11) is 0. The molecule has 0 saturated heterocycles. The van der Waals surface area contributed by atoms with Gasteiger partial charge in [0.05, 0.1) is 12.0 Å². The van der Waals surface area contributed by atoms with Gasteiger partial charge < -0.3 is 9.88 Å². The van der Waals surface area contributed by atoms with Crippen LogP contribution >= 0.6 is 0 Å². The van der Waals surface area contributed by atoms with E-state index in [2.05, 4.69) is 56.4 Å². The van der Waals surface area contributed by atoms with Crippen LogP contribution in [0.1, 0.15) is 72.5 Å². The molecule has 0 unspecified atom stereocenters. The molecule has 3 nitrogen and oxygen atoms in total. The highest BCUT2D eigenvalue weighted by Gasteiger charge is 2.39. The number of rotatable bonds is 4. The molecule has 1 N–H and O–H groups in total. The molecule has 1 aromatic heterocycles. The largest absolute Gasteiger partial charge is 0.330 e. The maximum Gasteiger partial charge on any atom is 0.0951 e. The van der Waals surface area contributed by atoms with Gasteiger partial charge in [-0.15, -0.1) is 0 Å². The molecule has 20 heavy (non-hydrogen) atoms. The molecule has 2 rings (SSSR count). The summed E-state index contributed by atoms with van der Waals surface area (Å²) in [5.74, 6) is 0. The molecule has 0 spiro atoms. The standard InChI is InChI=1S/C17H31N3/c1-13(2)19-10-15-9-18-12-20(15)14-7-16(3,4)11-17(5,6)8-14/h9,12-14,19H,7-8,10-11H2,1-6H3. The van der Waals surface area contributed by atoms with Crippen LogP contribution in [0.4, 0.5) is 0 Å². The lowest BCUT2D eigenvalue weighted by atomic mass is 9.63. The lowest BCUT2D eigenvalue weighted by Gasteiger charge is -2.45. The first-order valence-electron chi connectivity index (χ1n) is 7.93. The van der Waals surface area contributed by atoms with Crippen molar-refractivity contribution in [1.29, 1.82) is 0 Å². The first-order valence-corrected chi connectivity index (χ1v) is 7.93. The molecule has 1 aliphatic carbocycles. The van der Waals surface area contributed by atoms with Crippen LogP contribution in [-0.2, 0) is 6.54 Å². The van der Waals surface area contributed by atoms with Crippen molar-refractivity contribution < 1.29 is 0 Å². The Morgan fingerprint density at radius 1 is 1.25 bits per heavy atom. The fourth-order valence-corrected chi connectivity index (χ4v) is 4.09. The average molecular weight is 277 g/mol. The maximum atomic E-state index is 4.39. The number of hydrogen-bond donors (Lipinski definition) is 1. The quantitative estimate of drug-likeness (QED) is 0.895. The third kappa shape index (κ3) is 3.85. The van der Waals surface area contributed by atoms with Crippen molar-refractivity contribution >= 4 is 0 Å². The van der Waals surface area contributed by atoms with Crippen molar-refractivity contribution in [2.45, 2.75) is 79.4 Å². The minimum atomic E-state index is 0.416. The SMILES string of the molecule is CC(C)NCc1cncn1C1CC(C)(C)CC(C)(C)C1. The first-order chi connectivity index (χ1) is 9.19. The number of imidazole rings is 1. The third-order valence-corrected chi connectivity index (χ3v) is 4.36. The molecule has 1 aliphatic rings. The predicted octanol–water partition coefficient (Wildman–Crippen LogP) is 4.16. The third-order valence-electron chi connectivity index (χ3n) is 4.36. The monoisotopic (exact) mass is 277 g/mol. The molecule has 0 amide bonds. The summed E-state index contributed by atoms with van der Waals surface area (Å²) >= 11 is 0. The number of hydrogen-bond acceptors (Lipinski definition) is 2. The van der Waals surface area contributed by atoms with Crippen LogP contribution < -0.4 is 5.32 Å². The molecular formula is C17H31N3. The van der Waals surface area contributed by atoms with Gasteiger partial charge in [0.25, 0.3) is 0 Å². The Hall–Kier alpha value is -0.830. The van der Waals surface area contributed by atoms with Crippen molar-refractivity contribution in [3.63, 3.8) is 0 Å². The molecular weight excluding hydrogens is 246 g/mol. The minimum absolute atomic E-state index is 0.416. The number of aromatic nitrogens is 2. The van der Waals surface area contributed by atoms with Gasteiger partial charge in [-0.25, -0.2) is 4.98 Å². The Morgan fingerprint density at radius 2 is 1.85 bits per heavy atom. The lowest BCUT2D eigenvalue weighted by Crippen LogP contribution is -2.35. The second-order valence-corrected chi connectivity index (χ2v) is 8.40. The Kier molecular flexibility index (Phi) is 4.29. The summed E-state index contributed by atoms with van der Waals surface area (Å²) in [6.45, 7) is 14.9. The van der Waals surface area contributed by atoms with E-state index in [1.54, 1.807) is 0 Å². The summed E-state index contributed by atoms with van der Waals surface area (Å²) < 4.78 is 2.41. The lowest BCUT2D eigenvalue weighted by molar-refractivity contribution is 0.0711. The summed E-state index contributed by atoms with van der Waals surface area (Å²) in [5.41, 5.74) is 2.15. The molecule has 1 heterocycles. The van der Waals surface area contributed by atoms with E-state index in [0.717, 1.165) is 6.54 Å². The fraction of sp³-hybridized carbons (Fsp3) is 0.824. The van der Waals surface area contributed by atoms with Gasteiger partial charge in [-0.1, -0.05) is 41.5 Å². The zero-order valence-corrected chi connectivity index (χ0v) is 14.0. The summed E-state index contributed by atoms with van der Waals surface area (Å²) in [6.07, 6.45) is 7.86. The van der Waals surface area contributed by atoms with E-state index in [4.69, 9.17) is 0 Å². The molecule has 0 radical (unpaired) electrons. The highest BCUT2D eigenvalue weighted by molar-refractivity contribution is 5.03. The van der Waals surface area contributed by atoms with Crippen LogP contribution in [0.15, 0.2) is 12.5 Å². The zero-order chi connectivity index (χ0) is 15.0. The van der Waals surface area contributed by atoms with E-state index in [-0.39, 0.29) is 0 Å². The van der Waals surface area contributed by atoms with Crippen molar-refractivity contribution in [3.8, 4) is 0 Å². The normalized spacial score (nSPS) is 22.4. The van der Waals surface area contributed by atoms with Gasteiger partial charge >= 0.3 is 0 Å². The van der Waals surface area contributed by atoms with Crippen LogP contribution in [0.25, 0.3) is 0 Å². The van der Waals surface area contributed by atoms with Crippen molar-refractivity contribution in [3.05, 3.63) is 18.2 Å². The van der Waals surface area contributed by atoms with Crippen LogP contribution in [0.3, 0.4) is 0 Å². The van der Waals surface area contributed by atoms with E-state index in [9.17, 15) is 0 Å². The molecule has 114 valence electrons. The Labute approximate surface area is 124 Å². The maximum absolute atomic E-state index is 4.39. The topological polar surface area (TPSA) is 29.9 Å². The molecule has 3 heteroatoms. The van der Waals surface area contributed by atoms with E-state index < -0.39 is 0 Å². The Balaban J connectivity index is 2.16. The molecule has 0 bridgehead atoms. The average Bonchev–Trinajstić information content (AvgIpc) is 2.69. The summed E-state index contributed by atoms with van der Waals surface area (Å²) in [5, 5.41) is 3.51. The van der Waals surface area contributed by atoms with Crippen molar-refractivity contribution in [1.82, 2.24) is 14.9 Å². The van der Waals surface area contributed by atoms with Gasteiger partial charge in [-0.05, 0) is 30.1 Å². The zero-order valence-electron chi connectivity index (χ0n) is 14.0. The molecule has 1 saturated carbocycles. The Bertz CT molecular complexity index is 427. The molecule has 0 atom stereocenters. The van der Waals surface area contributed by atoms with Gasteiger partial charge in [0.2, 0.25) is 0 Å². The second kappa shape index (κ2) is 5.51. The first kappa shape index (κ1) is 15.6. The van der Waals surface area contributed by atoms with E-state index in [1.807, 2.05) is 12.5 Å². The van der Waals surface area contributed by atoms with Crippen LogP contribution in [-0.4, -0.2) is 15.6 Å². The van der Waals surface area contributed by atoms with Gasteiger partial charge in [-0.3, -0.25) is 0 Å². The highest BCUT2D eigenvalue weighted by Crippen LogP contribution is 2.50. The van der Waals surface area contributed by atoms with Crippen LogP contribution in [0.2, 0.25) is 0 Å². The van der Waals surface area contributed by atoms with Crippen molar-refractivity contribution in [2.24, 2.45) is 10.8 Å². The van der Waals surface area contributed by atoms with Gasteiger partial charge in [0.15, 0.2) is 0 Å². The van der Waals surface area contributed by atoms with E-state index in [0.29, 0.717) is 22.9 Å². The van der Waals surface area contributed by atoms with E-state index in [1.165, 1.54) is 25.0 Å². The van der Waals surface area contributed by atoms with E-state index >= 15 is 0 Å². The fourth-order valence-electron chi connectivity index (χ4n) is 4.09. The van der Waals surface area contributed by atoms with Gasteiger partial charge in [0.1, 0.15) is 0 Å². The smallest absolute Gasteiger partial charge is 0.0951 e. The predicted molar refractivity (Wildman–Crippen MR) is 84.7 cm³/mol. The number of nitrogens with zero attached hydrogens (tertiary/aromatic N) is 2. The summed E-state index contributed by atoms with van der Waals surface area (Å²) in [4.78, 5) is 4.39. The molecule has 1 aromatic rings. The van der Waals surface area contributed by atoms with Crippen LogP contribution in [0, 0.1) is 10.8 Å². The minimum Gasteiger partial charge on any atom is -0.330 e. The number of nitrogens with one attached hydrogen (secondary N) is 1. The molecule has 1 fully saturated rings. The Morgan fingerprint density at radius 3 is 2.40 bits per heavy atom.